The van der Waals surface area contributed by atoms with E-state index >= 15 is 0 Å². The molecule has 2 unspecified atom stereocenters. The summed E-state index contributed by atoms with van der Waals surface area (Å²) in [7, 11) is 0. The number of aliphatic hydroxyl groups is 1. The lowest BCUT2D eigenvalue weighted by Gasteiger charge is -2.28. The predicted molar refractivity (Wildman–Crippen MR) is 69.5 cm³/mol. The molecule has 0 aromatic heterocycles. The van der Waals surface area contributed by atoms with Crippen LogP contribution in [-0.2, 0) is 6.42 Å². The van der Waals surface area contributed by atoms with Gasteiger partial charge in [-0.25, -0.2) is 4.39 Å². The minimum atomic E-state index is -0.396. The van der Waals surface area contributed by atoms with Gasteiger partial charge in [0, 0.05) is 6.04 Å². The van der Waals surface area contributed by atoms with E-state index in [1.54, 1.807) is 12.1 Å². The molecule has 1 aromatic carbocycles. The molecule has 1 saturated heterocycles. The van der Waals surface area contributed by atoms with Gasteiger partial charge in [-0.1, -0.05) is 12.5 Å². The van der Waals surface area contributed by atoms with Crippen molar-refractivity contribution in [1.82, 2.24) is 5.32 Å². The molecule has 0 amide bonds. The largest absolute Gasteiger partial charge is 0.391 e. The Labute approximate surface area is 109 Å². The summed E-state index contributed by atoms with van der Waals surface area (Å²) in [5.74, 6) is -0.265. The third-order valence-electron chi connectivity index (χ3n) is 3.24. The molecule has 17 heavy (non-hydrogen) atoms. The van der Waals surface area contributed by atoms with Crippen molar-refractivity contribution < 1.29 is 9.50 Å². The summed E-state index contributed by atoms with van der Waals surface area (Å²) >= 11 is 3.16. The molecule has 0 spiro atoms. The average Bonchev–Trinajstić information content (AvgIpc) is 2.35. The molecular weight excluding hydrogens is 285 g/mol. The molecule has 2 nitrogen and oxygen atoms in total. The van der Waals surface area contributed by atoms with Crippen LogP contribution in [0.25, 0.3) is 0 Å². The highest BCUT2D eigenvalue weighted by Gasteiger charge is 2.21. The molecular formula is C13H17BrFNO. The Kier molecular flexibility index (Phi) is 4.54. The fourth-order valence-electron chi connectivity index (χ4n) is 2.26. The summed E-state index contributed by atoms with van der Waals surface area (Å²) < 4.78 is 13.5. The first-order valence-corrected chi connectivity index (χ1v) is 6.81. The van der Waals surface area contributed by atoms with E-state index in [1.807, 2.05) is 0 Å². The Balaban J connectivity index is 1.96. The molecule has 1 aromatic rings. The first-order chi connectivity index (χ1) is 8.16. The second kappa shape index (κ2) is 5.94. The van der Waals surface area contributed by atoms with E-state index in [0.717, 1.165) is 18.5 Å². The summed E-state index contributed by atoms with van der Waals surface area (Å²) in [5.41, 5.74) is 0.957. The highest BCUT2D eigenvalue weighted by atomic mass is 79.9. The number of aliphatic hydroxyl groups excluding tert-OH is 1. The van der Waals surface area contributed by atoms with Gasteiger partial charge in [-0.2, -0.15) is 0 Å². The Morgan fingerprint density at radius 2 is 2.29 bits per heavy atom. The first-order valence-electron chi connectivity index (χ1n) is 6.02. The lowest BCUT2D eigenvalue weighted by Crippen LogP contribution is -2.44. The van der Waals surface area contributed by atoms with Crippen molar-refractivity contribution in [2.24, 2.45) is 0 Å². The molecule has 0 saturated carbocycles. The van der Waals surface area contributed by atoms with Crippen molar-refractivity contribution in [1.29, 1.82) is 0 Å². The number of hydrogen-bond donors (Lipinski definition) is 2. The van der Waals surface area contributed by atoms with E-state index in [-0.39, 0.29) is 11.9 Å². The molecule has 1 heterocycles. The van der Waals surface area contributed by atoms with Crippen LogP contribution in [0.2, 0.25) is 0 Å². The van der Waals surface area contributed by atoms with Crippen molar-refractivity contribution in [3.8, 4) is 0 Å². The van der Waals surface area contributed by atoms with Gasteiger partial charge in [-0.3, -0.25) is 0 Å². The summed E-state index contributed by atoms with van der Waals surface area (Å²) in [6, 6.07) is 5.07. The highest BCUT2D eigenvalue weighted by Crippen LogP contribution is 2.19. The molecule has 2 rings (SSSR count). The van der Waals surface area contributed by atoms with Gasteiger partial charge in [0.25, 0.3) is 0 Å². The number of rotatable bonds is 3. The maximum absolute atomic E-state index is 13.1. The van der Waals surface area contributed by atoms with Gasteiger partial charge in [-0.05, 0) is 59.4 Å². The molecule has 1 fully saturated rings. The van der Waals surface area contributed by atoms with E-state index < -0.39 is 6.10 Å². The molecule has 0 bridgehead atoms. The maximum atomic E-state index is 13.1. The zero-order chi connectivity index (χ0) is 12.3. The van der Waals surface area contributed by atoms with E-state index in [4.69, 9.17) is 0 Å². The van der Waals surface area contributed by atoms with Crippen LogP contribution >= 0.6 is 15.9 Å². The van der Waals surface area contributed by atoms with E-state index in [0.29, 0.717) is 10.9 Å². The van der Waals surface area contributed by atoms with Crippen molar-refractivity contribution in [2.45, 2.75) is 37.8 Å². The first kappa shape index (κ1) is 13.0. The number of nitrogens with one attached hydrogen (secondary N) is 1. The molecule has 4 heteroatoms. The quantitative estimate of drug-likeness (QED) is 0.899. The van der Waals surface area contributed by atoms with Crippen LogP contribution in [0.3, 0.4) is 0 Å². The van der Waals surface area contributed by atoms with Crippen LogP contribution in [0, 0.1) is 5.82 Å². The zero-order valence-electron chi connectivity index (χ0n) is 9.63. The highest BCUT2D eigenvalue weighted by molar-refractivity contribution is 9.10. The zero-order valence-corrected chi connectivity index (χ0v) is 11.2. The SMILES string of the molecule is OC(Cc1ccc(F)c(Br)c1)C1CCCCN1. The minimum Gasteiger partial charge on any atom is -0.391 e. The fraction of sp³-hybridized carbons (Fsp3) is 0.538. The Morgan fingerprint density at radius 3 is 2.94 bits per heavy atom. The van der Waals surface area contributed by atoms with E-state index in [9.17, 15) is 9.50 Å². The third-order valence-corrected chi connectivity index (χ3v) is 3.85. The summed E-state index contributed by atoms with van der Waals surface area (Å²) in [5, 5.41) is 13.4. The lowest BCUT2D eigenvalue weighted by atomic mass is 9.95. The van der Waals surface area contributed by atoms with Crippen LogP contribution in [0.15, 0.2) is 22.7 Å². The molecule has 0 radical (unpaired) electrons. The fourth-order valence-corrected chi connectivity index (χ4v) is 2.68. The van der Waals surface area contributed by atoms with Crippen molar-refractivity contribution in [3.63, 3.8) is 0 Å². The normalized spacial score (nSPS) is 22.4. The van der Waals surface area contributed by atoms with Crippen molar-refractivity contribution in [2.75, 3.05) is 6.54 Å². The van der Waals surface area contributed by atoms with Gasteiger partial charge < -0.3 is 10.4 Å². The molecule has 94 valence electrons. The van der Waals surface area contributed by atoms with Crippen molar-refractivity contribution >= 4 is 15.9 Å². The monoisotopic (exact) mass is 301 g/mol. The van der Waals surface area contributed by atoms with E-state index in [1.165, 1.54) is 18.9 Å². The Hall–Kier alpha value is -0.450. The van der Waals surface area contributed by atoms with Crippen LogP contribution in [0.5, 0.6) is 0 Å². The molecule has 1 aliphatic heterocycles. The Bertz CT molecular complexity index is 380. The number of piperidine rings is 1. The third kappa shape index (κ3) is 3.50. The second-order valence-electron chi connectivity index (χ2n) is 4.58. The molecule has 1 aliphatic rings. The minimum absolute atomic E-state index is 0.174. The van der Waals surface area contributed by atoms with Gasteiger partial charge in [0.15, 0.2) is 0 Å². The van der Waals surface area contributed by atoms with E-state index in [2.05, 4.69) is 21.2 Å². The number of benzene rings is 1. The maximum Gasteiger partial charge on any atom is 0.137 e. The topological polar surface area (TPSA) is 32.3 Å². The summed E-state index contributed by atoms with van der Waals surface area (Å²) in [4.78, 5) is 0. The van der Waals surface area contributed by atoms with Gasteiger partial charge in [0.2, 0.25) is 0 Å². The van der Waals surface area contributed by atoms with Gasteiger partial charge in [0.05, 0.1) is 10.6 Å². The standard InChI is InChI=1S/C13H17BrFNO/c14-10-7-9(4-5-11(10)15)8-13(17)12-3-1-2-6-16-12/h4-5,7,12-13,16-17H,1-3,6,8H2. The van der Waals surface area contributed by atoms with Gasteiger partial charge in [0.1, 0.15) is 5.82 Å². The van der Waals surface area contributed by atoms with Crippen molar-refractivity contribution in [3.05, 3.63) is 34.1 Å². The van der Waals surface area contributed by atoms with Gasteiger partial charge in [-0.15, -0.1) is 0 Å². The summed E-state index contributed by atoms with van der Waals surface area (Å²) in [6.45, 7) is 0.981. The lowest BCUT2D eigenvalue weighted by molar-refractivity contribution is 0.113. The van der Waals surface area contributed by atoms with Crippen LogP contribution < -0.4 is 5.32 Å². The summed E-state index contributed by atoms with van der Waals surface area (Å²) in [6.07, 6.45) is 3.54. The predicted octanol–water partition coefficient (Wildman–Crippen LogP) is 2.63. The van der Waals surface area contributed by atoms with Crippen LogP contribution in [-0.4, -0.2) is 23.8 Å². The Morgan fingerprint density at radius 1 is 1.47 bits per heavy atom. The smallest absolute Gasteiger partial charge is 0.137 e. The van der Waals surface area contributed by atoms with Crippen LogP contribution in [0.1, 0.15) is 24.8 Å². The second-order valence-corrected chi connectivity index (χ2v) is 5.43. The molecule has 0 aliphatic carbocycles. The molecule has 2 atom stereocenters. The van der Waals surface area contributed by atoms with Crippen LogP contribution in [0.4, 0.5) is 4.39 Å². The van der Waals surface area contributed by atoms with Gasteiger partial charge >= 0.3 is 0 Å². The molecule has 2 N–H and O–H groups in total. The number of hydrogen-bond acceptors (Lipinski definition) is 2. The average molecular weight is 302 g/mol. The number of halogens is 2.